The van der Waals surface area contributed by atoms with E-state index >= 15 is 0 Å². The zero-order valence-electron chi connectivity index (χ0n) is 8.89. The smallest absolute Gasteiger partial charge is 0.223 e. The lowest BCUT2D eigenvalue weighted by Crippen LogP contribution is -2.36. The maximum Gasteiger partial charge on any atom is 0.223 e. The van der Waals surface area contributed by atoms with Gasteiger partial charge in [0.05, 0.1) is 17.1 Å². The van der Waals surface area contributed by atoms with Crippen LogP contribution in [0.4, 0.5) is 5.95 Å². The van der Waals surface area contributed by atoms with Crippen LogP contribution in [0.1, 0.15) is 11.7 Å². The number of hydrogen-bond acceptors (Lipinski definition) is 6. The molecule has 2 unspecified atom stereocenters. The molecule has 7 heteroatoms. The minimum atomic E-state index is 0.0836. The summed E-state index contributed by atoms with van der Waals surface area (Å²) in [5, 5.41) is 7.17. The molecule has 1 aromatic heterocycles. The molecular formula is C10H11ClN6. The molecular weight excluding hydrogens is 240 g/mol. The van der Waals surface area contributed by atoms with E-state index in [2.05, 4.69) is 25.6 Å². The van der Waals surface area contributed by atoms with Gasteiger partial charge in [0, 0.05) is 12.7 Å². The van der Waals surface area contributed by atoms with Crippen molar-refractivity contribution in [2.75, 3.05) is 12.3 Å². The Morgan fingerprint density at radius 2 is 2.29 bits per heavy atom. The first-order chi connectivity index (χ1) is 8.24. The predicted molar refractivity (Wildman–Crippen MR) is 63.9 cm³/mol. The Kier molecular flexibility index (Phi) is 2.45. The Balaban J connectivity index is 1.97. The molecule has 88 valence electrons. The Bertz CT molecular complexity index is 511. The number of hydrogen-bond donors (Lipinski definition) is 3. The van der Waals surface area contributed by atoms with Gasteiger partial charge in [-0.15, -0.1) is 0 Å². The topological polar surface area (TPSA) is 88.8 Å². The molecule has 0 bridgehead atoms. The maximum atomic E-state index is 5.98. The van der Waals surface area contributed by atoms with Crippen LogP contribution in [0.5, 0.6) is 0 Å². The Morgan fingerprint density at radius 1 is 1.41 bits per heavy atom. The first kappa shape index (κ1) is 10.5. The lowest BCUT2D eigenvalue weighted by Gasteiger charge is -2.19. The molecule has 1 saturated heterocycles. The number of aromatic nitrogens is 3. The molecule has 0 aromatic carbocycles. The summed E-state index contributed by atoms with van der Waals surface area (Å²) in [6.07, 6.45) is 5.24. The van der Waals surface area contributed by atoms with Crippen molar-refractivity contribution in [1.82, 2.24) is 25.6 Å². The van der Waals surface area contributed by atoms with Crippen LogP contribution in [0.15, 0.2) is 29.2 Å². The van der Waals surface area contributed by atoms with Crippen LogP contribution in [-0.2, 0) is 0 Å². The van der Waals surface area contributed by atoms with E-state index in [-0.39, 0.29) is 18.0 Å². The molecule has 1 fully saturated rings. The standard InChI is InChI=1S/C10H11ClN6/c11-5-1-6-7(3-14-8(6)13-2-5)9-15-4-16-10(12)17-9/h1-2,4,7-8,13-14H,3H2,(H2,12,15,16,17). The fourth-order valence-corrected chi connectivity index (χ4v) is 2.29. The number of anilines is 1. The van der Waals surface area contributed by atoms with Crippen molar-refractivity contribution < 1.29 is 0 Å². The summed E-state index contributed by atoms with van der Waals surface area (Å²) in [5.41, 5.74) is 6.69. The number of halogens is 1. The monoisotopic (exact) mass is 250 g/mol. The van der Waals surface area contributed by atoms with Crippen LogP contribution < -0.4 is 16.4 Å². The summed E-state index contributed by atoms with van der Waals surface area (Å²) in [6.45, 7) is 0.755. The molecule has 2 aliphatic rings. The minimum absolute atomic E-state index is 0.0836. The van der Waals surface area contributed by atoms with Crippen molar-refractivity contribution in [3.63, 3.8) is 0 Å². The first-order valence-electron chi connectivity index (χ1n) is 5.25. The van der Waals surface area contributed by atoms with Crippen LogP contribution in [0.25, 0.3) is 0 Å². The second kappa shape index (κ2) is 3.97. The Morgan fingerprint density at radius 3 is 3.12 bits per heavy atom. The lowest BCUT2D eigenvalue weighted by molar-refractivity contribution is 0.604. The van der Waals surface area contributed by atoms with E-state index in [1.165, 1.54) is 6.33 Å². The third-order valence-corrected chi connectivity index (χ3v) is 3.09. The third-order valence-electron chi connectivity index (χ3n) is 2.88. The quantitative estimate of drug-likeness (QED) is 0.654. The first-order valence-corrected chi connectivity index (χ1v) is 5.63. The van der Waals surface area contributed by atoms with Gasteiger partial charge in [0.2, 0.25) is 5.95 Å². The van der Waals surface area contributed by atoms with Gasteiger partial charge in [0.1, 0.15) is 12.2 Å². The van der Waals surface area contributed by atoms with E-state index in [0.717, 1.165) is 12.1 Å². The third kappa shape index (κ3) is 1.85. The SMILES string of the molecule is Nc1ncnc(C2CNC3NC=C(Cl)C=C32)n1. The van der Waals surface area contributed by atoms with E-state index in [9.17, 15) is 0 Å². The number of nitrogens with two attached hydrogens (primary N) is 1. The summed E-state index contributed by atoms with van der Waals surface area (Å²) in [6, 6.07) is 0. The molecule has 0 amide bonds. The maximum absolute atomic E-state index is 5.98. The highest BCUT2D eigenvalue weighted by atomic mass is 35.5. The van der Waals surface area contributed by atoms with Gasteiger partial charge in [-0.2, -0.15) is 4.98 Å². The normalized spacial score (nSPS) is 26.9. The summed E-state index contributed by atoms with van der Waals surface area (Å²) in [5.74, 6) is 0.997. The van der Waals surface area contributed by atoms with Crippen molar-refractivity contribution in [1.29, 1.82) is 0 Å². The fraction of sp³-hybridized carbons (Fsp3) is 0.300. The summed E-state index contributed by atoms with van der Waals surface area (Å²) in [4.78, 5) is 12.1. The molecule has 17 heavy (non-hydrogen) atoms. The molecule has 3 rings (SSSR count). The van der Waals surface area contributed by atoms with E-state index < -0.39 is 0 Å². The highest BCUT2D eigenvalue weighted by Gasteiger charge is 2.33. The zero-order valence-corrected chi connectivity index (χ0v) is 9.65. The van der Waals surface area contributed by atoms with Gasteiger partial charge in [-0.25, -0.2) is 9.97 Å². The van der Waals surface area contributed by atoms with Crippen LogP contribution in [-0.4, -0.2) is 27.7 Å². The highest BCUT2D eigenvalue weighted by Crippen LogP contribution is 2.31. The van der Waals surface area contributed by atoms with Crippen LogP contribution in [0.2, 0.25) is 0 Å². The van der Waals surface area contributed by atoms with Crippen molar-refractivity contribution in [3.05, 3.63) is 35.0 Å². The van der Waals surface area contributed by atoms with Gasteiger partial charge in [-0.05, 0) is 11.6 Å². The molecule has 1 aromatic rings. The van der Waals surface area contributed by atoms with E-state index in [1.54, 1.807) is 6.20 Å². The number of nitrogens with one attached hydrogen (secondary N) is 2. The van der Waals surface area contributed by atoms with Gasteiger partial charge >= 0.3 is 0 Å². The highest BCUT2D eigenvalue weighted by molar-refractivity contribution is 6.31. The van der Waals surface area contributed by atoms with Gasteiger partial charge in [-0.1, -0.05) is 11.6 Å². The molecule has 3 heterocycles. The van der Waals surface area contributed by atoms with Crippen molar-refractivity contribution in [2.45, 2.75) is 12.1 Å². The zero-order chi connectivity index (χ0) is 11.8. The number of nitrogens with zero attached hydrogens (tertiary/aromatic N) is 3. The number of rotatable bonds is 1. The second-order valence-corrected chi connectivity index (χ2v) is 4.37. The number of dihydropyridines is 1. The largest absolute Gasteiger partial charge is 0.371 e. The Hall–Kier alpha value is -1.66. The van der Waals surface area contributed by atoms with E-state index in [1.807, 2.05) is 6.08 Å². The molecule has 0 radical (unpaired) electrons. The molecule has 0 spiro atoms. The molecule has 4 N–H and O–H groups in total. The van der Waals surface area contributed by atoms with Crippen LogP contribution in [0, 0.1) is 0 Å². The molecule has 2 aliphatic heterocycles. The van der Waals surface area contributed by atoms with E-state index in [4.69, 9.17) is 17.3 Å². The van der Waals surface area contributed by atoms with Gasteiger partial charge in [0.15, 0.2) is 0 Å². The summed E-state index contributed by atoms with van der Waals surface area (Å²) < 4.78 is 0. The van der Waals surface area contributed by atoms with Gasteiger partial charge in [0.25, 0.3) is 0 Å². The predicted octanol–water partition coefficient (Wildman–Crippen LogP) is 0.0765. The van der Waals surface area contributed by atoms with Crippen molar-refractivity contribution in [2.24, 2.45) is 0 Å². The minimum Gasteiger partial charge on any atom is -0.371 e. The van der Waals surface area contributed by atoms with Crippen LogP contribution in [0.3, 0.4) is 0 Å². The number of fused-ring (bicyclic) bond motifs is 1. The van der Waals surface area contributed by atoms with Crippen LogP contribution >= 0.6 is 11.6 Å². The van der Waals surface area contributed by atoms with Crippen molar-refractivity contribution in [3.8, 4) is 0 Å². The van der Waals surface area contributed by atoms with E-state index in [0.29, 0.717) is 10.9 Å². The molecule has 6 nitrogen and oxygen atoms in total. The average Bonchev–Trinajstić information content (AvgIpc) is 2.71. The van der Waals surface area contributed by atoms with Gasteiger partial charge < -0.3 is 11.1 Å². The van der Waals surface area contributed by atoms with Gasteiger partial charge in [-0.3, -0.25) is 5.32 Å². The second-order valence-electron chi connectivity index (χ2n) is 3.94. The van der Waals surface area contributed by atoms with Crippen molar-refractivity contribution >= 4 is 17.5 Å². The number of nitrogen functional groups attached to an aromatic ring is 1. The summed E-state index contributed by atoms with van der Waals surface area (Å²) >= 11 is 5.98. The Labute approximate surface area is 103 Å². The molecule has 0 saturated carbocycles. The number of allylic oxidation sites excluding steroid dienone is 2. The molecule has 0 aliphatic carbocycles. The molecule has 2 atom stereocenters. The fourth-order valence-electron chi connectivity index (χ4n) is 2.11. The average molecular weight is 251 g/mol. The lowest BCUT2D eigenvalue weighted by atomic mass is 9.98. The summed E-state index contributed by atoms with van der Waals surface area (Å²) in [7, 11) is 0.